The summed E-state index contributed by atoms with van der Waals surface area (Å²) < 4.78 is 20.6. The average Bonchev–Trinajstić information content (AvgIpc) is 3.38. The number of H-pyrrole nitrogens is 1. The maximum absolute atomic E-state index is 13.0. The van der Waals surface area contributed by atoms with E-state index in [1.54, 1.807) is 12.1 Å². The molecule has 0 spiro atoms. The number of ether oxygens (including phenoxy) is 1. The first-order valence-corrected chi connectivity index (χ1v) is 10.2. The summed E-state index contributed by atoms with van der Waals surface area (Å²) in [4.78, 5) is 33.8. The number of rotatable bonds is 9. The molecule has 32 heavy (non-hydrogen) atoms. The SMILES string of the molecule is COCCn1c(=O)n(CCCn2nnc(Cc3ccc(F)cc3)n2)c(=O)c2[nH]c(Cl)nc21. The number of nitrogens with one attached hydrogen (secondary N) is 1. The second kappa shape index (κ2) is 9.40. The van der Waals surface area contributed by atoms with Gasteiger partial charge in [-0.1, -0.05) is 12.1 Å². The lowest BCUT2D eigenvalue weighted by Crippen LogP contribution is -2.41. The molecule has 3 heterocycles. The van der Waals surface area contributed by atoms with E-state index < -0.39 is 11.2 Å². The fourth-order valence-corrected chi connectivity index (χ4v) is 3.49. The number of aromatic nitrogens is 8. The molecule has 0 amide bonds. The number of methoxy groups -OCH3 is 1. The van der Waals surface area contributed by atoms with Crippen LogP contribution in [0.3, 0.4) is 0 Å². The first-order valence-electron chi connectivity index (χ1n) is 9.85. The monoisotopic (exact) mass is 462 g/mol. The van der Waals surface area contributed by atoms with E-state index in [1.165, 1.54) is 28.6 Å². The van der Waals surface area contributed by atoms with Crippen molar-refractivity contribution in [1.82, 2.24) is 39.3 Å². The lowest BCUT2D eigenvalue weighted by atomic mass is 10.1. The standard InChI is InChI=1S/C19H20ClFN8O3/c1-32-10-9-27-16-15(22-18(20)23-16)17(30)28(19(27)31)7-2-8-29-25-14(24-26-29)11-12-3-5-13(21)6-4-12/h3-6H,2,7-11H2,1H3,(H,22,23). The second-order valence-corrected chi connectivity index (χ2v) is 7.43. The van der Waals surface area contributed by atoms with Gasteiger partial charge in [0.05, 0.1) is 19.7 Å². The Kier molecular flexibility index (Phi) is 6.42. The van der Waals surface area contributed by atoms with Crippen molar-refractivity contribution < 1.29 is 9.13 Å². The van der Waals surface area contributed by atoms with Gasteiger partial charge in [-0.25, -0.2) is 9.18 Å². The summed E-state index contributed by atoms with van der Waals surface area (Å²) in [5.41, 5.74) is 0.223. The molecular formula is C19H20ClFN8O3. The Morgan fingerprint density at radius 1 is 1.12 bits per heavy atom. The van der Waals surface area contributed by atoms with Gasteiger partial charge in [0.1, 0.15) is 5.82 Å². The molecule has 0 aliphatic rings. The van der Waals surface area contributed by atoms with Crippen molar-refractivity contribution in [3.05, 3.63) is 67.6 Å². The zero-order valence-corrected chi connectivity index (χ0v) is 17.9. The van der Waals surface area contributed by atoms with Crippen LogP contribution >= 0.6 is 11.6 Å². The predicted octanol–water partition coefficient (Wildman–Crippen LogP) is 0.993. The summed E-state index contributed by atoms with van der Waals surface area (Å²) >= 11 is 5.91. The van der Waals surface area contributed by atoms with Crippen LogP contribution in [0.15, 0.2) is 33.9 Å². The van der Waals surface area contributed by atoms with Crippen LogP contribution in [0.5, 0.6) is 0 Å². The minimum atomic E-state index is -0.499. The Balaban J connectivity index is 1.48. The van der Waals surface area contributed by atoms with Crippen LogP contribution in [0.1, 0.15) is 17.8 Å². The van der Waals surface area contributed by atoms with E-state index in [-0.39, 0.29) is 42.0 Å². The van der Waals surface area contributed by atoms with E-state index in [4.69, 9.17) is 16.3 Å². The molecule has 0 aliphatic heterocycles. The van der Waals surface area contributed by atoms with Crippen molar-refractivity contribution in [1.29, 1.82) is 0 Å². The Hall–Kier alpha value is -3.38. The van der Waals surface area contributed by atoms with E-state index in [2.05, 4.69) is 25.4 Å². The summed E-state index contributed by atoms with van der Waals surface area (Å²) in [6.07, 6.45) is 0.834. The van der Waals surface area contributed by atoms with E-state index >= 15 is 0 Å². The molecule has 0 bridgehead atoms. The third-order valence-electron chi connectivity index (χ3n) is 4.86. The highest BCUT2D eigenvalue weighted by atomic mass is 35.5. The Morgan fingerprint density at radius 2 is 1.91 bits per heavy atom. The molecule has 0 saturated carbocycles. The van der Waals surface area contributed by atoms with Crippen LogP contribution in [0.4, 0.5) is 4.39 Å². The predicted molar refractivity (Wildman–Crippen MR) is 113 cm³/mol. The van der Waals surface area contributed by atoms with E-state index in [0.717, 1.165) is 10.1 Å². The van der Waals surface area contributed by atoms with Gasteiger partial charge in [0, 0.05) is 20.1 Å². The summed E-state index contributed by atoms with van der Waals surface area (Å²) in [6, 6.07) is 6.07. The Morgan fingerprint density at radius 3 is 2.66 bits per heavy atom. The van der Waals surface area contributed by atoms with Gasteiger partial charge in [-0.15, -0.1) is 10.2 Å². The van der Waals surface area contributed by atoms with Crippen molar-refractivity contribution in [3.8, 4) is 0 Å². The molecule has 0 atom stereocenters. The smallest absolute Gasteiger partial charge is 0.332 e. The Labute approximate surface area is 185 Å². The van der Waals surface area contributed by atoms with E-state index in [0.29, 0.717) is 25.2 Å². The molecule has 0 unspecified atom stereocenters. The van der Waals surface area contributed by atoms with Crippen LogP contribution in [0.2, 0.25) is 5.28 Å². The molecule has 0 saturated heterocycles. The normalized spacial score (nSPS) is 11.5. The summed E-state index contributed by atoms with van der Waals surface area (Å²) in [5.74, 6) is 0.182. The van der Waals surface area contributed by atoms with Crippen molar-refractivity contribution in [2.75, 3.05) is 13.7 Å². The number of halogens is 2. The molecule has 4 rings (SSSR count). The molecule has 0 aliphatic carbocycles. The quantitative estimate of drug-likeness (QED) is 0.368. The lowest BCUT2D eigenvalue weighted by molar-refractivity contribution is 0.186. The zero-order valence-electron chi connectivity index (χ0n) is 17.2. The van der Waals surface area contributed by atoms with E-state index in [1.807, 2.05) is 0 Å². The number of fused-ring (bicyclic) bond motifs is 1. The molecule has 1 aromatic carbocycles. The molecule has 4 aromatic rings. The van der Waals surface area contributed by atoms with Gasteiger partial charge in [-0.05, 0) is 40.9 Å². The molecule has 0 fully saturated rings. The van der Waals surface area contributed by atoms with Crippen molar-refractivity contribution in [2.24, 2.45) is 0 Å². The average molecular weight is 463 g/mol. The van der Waals surface area contributed by atoms with Crippen LogP contribution in [-0.4, -0.2) is 53.0 Å². The van der Waals surface area contributed by atoms with Crippen LogP contribution in [-0.2, 0) is 30.8 Å². The largest absolute Gasteiger partial charge is 0.383 e. The van der Waals surface area contributed by atoms with Crippen LogP contribution in [0, 0.1) is 5.82 Å². The first-order chi connectivity index (χ1) is 15.5. The van der Waals surface area contributed by atoms with Gasteiger partial charge in [-0.3, -0.25) is 13.9 Å². The first kappa shape index (κ1) is 21.8. The number of benzene rings is 1. The number of nitrogens with zero attached hydrogens (tertiary/aromatic N) is 7. The highest BCUT2D eigenvalue weighted by Crippen LogP contribution is 2.10. The zero-order chi connectivity index (χ0) is 22.7. The molecule has 0 radical (unpaired) electrons. The second-order valence-electron chi connectivity index (χ2n) is 7.07. The lowest BCUT2D eigenvalue weighted by Gasteiger charge is -2.10. The van der Waals surface area contributed by atoms with Crippen LogP contribution < -0.4 is 11.2 Å². The number of hydrogen-bond acceptors (Lipinski definition) is 7. The van der Waals surface area contributed by atoms with Crippen molar-refractivity contribution >= 4 is 22.8 Å². The third-order valence-corrected chi connectivity index (χ3v) is 5.04. The van der Waals surface area contributed by atoms with Gasteiger partial charge in [-0.2, -0.15) is 9.78 Å². The minimum absolute atomic E-state index is 0.0286. The number of imidazole rings is 1. The van der Waals surface area contributed by atoms with Crippen molar-refractivity contribution in [3.63, 3.8) is 0 Å². The van der Waals surface area contributed by atoms with Gasteiger partial charge >= 0.3 is 5.69 Å². The number of aryl methyl sites for hydroxylation is 1. The number of aromatic amines is 1. The number of tetrazole rings is 1. The summed E-state index contributed by atoms with van der Waals surface area (Å²) in [7, 11) is 1.52. The molecule has 3 aromatic heterocycles. The maximum Gasteiger partial charge on any atom is 0.332 e. The number of hydrogen-bond donors (Lipinski definition) is 1. The third kappa shape index (κ3) is 4.60. The highest BCUT2D eigenvalue weighted by Gasteiger charge is 2.17. The topological polar surface area (TPSA) is 126 Å². The summed E-state index contributed by atoms with van der Waals surface area (Å²) in [6.45, 7) is 0.996. The molecule has 13 heteroatoms. The van der Waals surface area contributed by atoms with Gasteiger partial charge in [0.2, 0.25) is 5.28 Å². The molecule has 1 N–H and O–H groups in total. The fraction of sp³-hybridized carbons (Fsp3) is 0.368. The minimum Gasteiger partial charge on any atom is -0.383 e. The van der Waals surface area contributed by atoms with Gasteiger partial charge < -0.3 is 9.72 Å². The van der Waals surface area contributed by atoms with E-state index in [9.17, 15) is 14.0 Å². The molecule has 168 valence electrons. The van der Waals surface area contributed by atoms with Crippen molar-refractivity contribution in [2.45, 2.75) is 32.5 Å². The summed E-state index contributed by atoms with van der Waals surface area (Å²) in [5, 5.41) is 12.3. The van der Waals surface area contributed by atoms with Crippen LogP contribution in [0.25, 0.3) is 11.2 Å². The molecule has 11 nitrogen and oxygen atoms in total. The Bertz CT molecular complexity index is 1340. The van der Waals surface area contributed by atoms with Gasteiger partial charge in [0.25, 0.3) is 5.56 Å². The fourth-order valence-electron chi connectivity index (χ4n) is 3.32. The maximum atomic E-state index is 13.0. The molecular weight excluding hydrogens is 443 g/mol. The van der Waals surface area contributed by atoms with Gasteiger partial charge in [0.15, 0.2) is 17.0 Å². The highest BCUT2D eigenvalue weighted by molar-refractivity contribution is 6.28.